The van der Waals surface area contributed by atoms with E-state index in [2.05, 4.69) is 17.0 Å². The van der Waals surface area contributed by atoms with Crippen molar-refractivity contribution < 1.29 is 27.1 Å². The number of rotatable bonds is 8. The number of nitrogens with one attached hydrogen (secondary N) is 2. The molecule has 30 heavy (non-hydrogen) atoms. The Labute approximate surface area is 177 Å². The first-order valence-corrected chi connectivity index (χ1v) is 11.8. The van der Waals surface area contributed by atoms with Crippen LogP contribution >= 0.6 is 0 Å². The molecule has 0 radical (unpaired) electrons. The summed E-state index contributed by atoms with van der Waals surface area (Å²) in [5.41, 5.74) is 0. The Kier molecular flexibility index (Phi) is 8.37. The van der Waals surface area contributed by atoms with E-state index < -0.39 is 50.7 Å². The van der Waals surface area contributed by atoms with Crippen molar-refractivity contribution in [2.45, 2.75) is 76.5 Å². The van der Waals surface area contributed by atoms with Crippen LogP contribution in [0.3, 0.4) is 0 Å². The quantitative estimate of drug-likeness (QED) is 0.603. The van der Waals surface area contributed by atoms with Gasteiger partial charge >= 0.3 is 5.97 Å². The smallest absolute Gasteiger partial charge is 0.325 e. The normalized spacial score (nSPS) is 21.7. The van der Waals surface area contributed by atoms with Crippen LogP contribution in [0.4, 0.5) is 4.39 Å². The summed E-state index contributed by atoms with van der Waals surface area (Å²) >= 11 is 0. The molecule has 3 unspecified atom stereocenters. The second-order valence-electron chi connectivity index (χ2n) is 8.23. The summed E-state index contributed by atoms with van der Waals surface area (Å²) in [5.74, 6) is -2.35. The van der Waals surface area contributed by atoms with Gasteiger partial charge < -0.3 is 10.1 Å². The molecule has 1 amide bonds. The summed E-state index contributed by atoms with van der Waals surface area (Å²) in [4.78, 5) is 24.5. The topological polar surface area (TPSA) is 102 Å². The molecule has 1 saturated carbocycles. The highest BCUT2D eigenvalue weighted by atomic mass is 32.2. The maximum Gasteiger partial charge on any atom is 0.325 e. The fourth-order valence-electron chi connectivity index (χ4n) is 3.48. The molecule has 0 bridgehead atoms. The van der Waals surface area contributed by atoms with E-state index in [0.717, 1.165) is 37.8 Å². The lowest BCUT2D eigenvalue weighted by Gasteiger charge is -2.30. The predicted octanol–water partition coefficient (Wildman–Crippen LogP) is 2.76. The van der Waals surface area contributed by atoms with Gasteiger partial charge in [0, 0.05) is 6.04 Å². The lowest BCUT2D eigenvalue weighted by Crippen LogP contribution is -2.49. The molecule has 7 nitrogen and oxygen atoms in total. The minimum atomic E-state index is -4.29. The molecule has 0 aliphatic heterocycles. The van der Waals surface area contributed by atoms with Crippen LogP contribution < -0.4 is 10.0 Å². The Balaban J connectivity index is 2.04. The van der Waals surface area contributed by atoms with Crippen LogP contribution in [-0.4, -0.2) is 38.5 Å². The minimum absolute atomic E-state index is 0.0351. The molecule has 0 heterocycles. The Bertz CT molecular complexity index is 859. The SMILES string of the molecule is CC(OC(=O)[C@@H](NS(=O)(=O)c1ccccc1F)C(C)C)C(=O)NC1CCCCC1C. The second kappa shape index (κ2) is 10.3. The first-order chi connectivity index (χ1) is 14.0. The number of carbonyl (C=O) groups is 2. The van der Waals surface area contributed by atoms with Gasteiger partial charge in [-0.15, -0.1) is 0 Å². The summed E-state index contributed by atoms with van der Waals surface area (Å²) in [6.45, 7) is 6.78. The number of sulfonamides is 1. The summed E-state index contributed by atoms with van der Waals surface area (Å²) < 4.78 is 46.5. The maximum absolute atomic E-state index is 13.9. The average Bonchev–Trinajstić information content (AvgIpc) is 2.67. The molecule has 1 fully saturated rings. The van der Waals surface area contributed by atoms with Gasteiger partial charge in [-0.25, -0.2) is 12.8 Å². The van der Waals surface area contributed by atoms with Crippen molar-refractivity contribution >= 4 is 21.9 Å². The molecule has 1 aromatic carbocycles. The van der Waals surface area contributed by atoms with Gasteiger partial charge in [0.1, 0.15) is 16.8 Å². The molecule has 1 aromatic rings. The van der Waals surface area contributed by atoms with Crippen LogP contribution in [0.1, 0.15) is 53.4 Å². The predicted molar refractivity (Wildman–Crippen MR) is 110 cm³/mol. The van der Waals surface area contributed by atoms with Crippen molar-refractivity contribution in [3.8, 4) is 0 Å². The van der Waals surface area contributed by atoms with Crippen LogP contribution in [0.5, 0.6) is 0 Å². The molecule has 0 saturated heterocycles. The summed E-state index contributed by atoms with van der Waals surface area (Å²) in [5, 5.41) is 2.92. The van der Waals surface area contributed by atoms with Gasteiger partial charge in [-0.05, 0) is 43.7 Å². The number of benzene rings is 1. The van der Waals surface area contributed by atoms with Crippen molar-refractivity contribution in [3.63, 3.8) is 0 Å². The zero-order valence-electron chi connectivity index (χ0n) is 17.9. The first-order valence-electron chi connectivity index (χ1n) is 10.3. The van der Waals surface area contributed by atoms with E-state index in [1.165, 1.54) is 19.1 Å². The molecule has 4 atom stereocenters. The van der Waals surface area contributed by atoms with Crippen molar-refractivity contribution in [3.05, 3.63) is 30.1 Å². The van der Waals surface area contributed by atoms with Crippen molar-refractivity contribution in [2.24, 2.45) is 11.8 Å². The zero-order chi connectivity index (χ0) is 22.5. The van der Waals surface area contributed by atoms with E-state index in [-0.39, 0.29) is 6.04 Å². The van der Waals surface area contributed by atoms with E-state index in [0.29, 0.717) is 5.92 Å². The van der Waals surface area contributed by atoms with Crippen LogP contribution in [0, 0.1) is 17.7 Å². The minimum Gasteiger partial charge on any atom is -0.451 e. The van der Waals surface area contributed by atoms with Gasteiger partial charge in [-0.1, -0.05) is 45.7 Å². The third kappa shape index (κ3) is 6.25. The summed E-state index contributed by atoms with van der Waals surface area (Å²) in [6, 6.07) is 3.67. The van der Waals surface area contributed by atoms with E-state index >= 15 is 0 Å². The lowest BCUT2D eigenvalue weighted by molar-refractivity contribution is -0.157. The largest absolute Gasteiger partial charge is 0.451 e. The molecule has 1 aliphatic rings. The summed E-state index contributed by atoms with van der Waals surface area (Å²) in [7, 11) is -4.29. The third-order valence-electron chi connectivity index (χ3n) is 5.43. The molecule has 168 valence electrons. The number of halogens is 1. The van der Waals surface area contributed by atoms with Gasteiger partial charge in [0.15, 0.2) is 6.10 Å². The Morgan fingerprint density at radius 3 is 2.37 bits per heavy atom. The molecule has 1 aliphatic carbocycles. The van der Waals surface area contributed by atoms with Gasteiger partial charge in [-0.3, -0.25) is 9.59 Å². The van der Waals surface area contributed by atoms with Gasteiger partial charge in [-0.2, -0.15) is 4.72 Å². The molecule has 2 rings (SSSR count). The molecular weight excluding hydrogens is 411 g/mol. The third-order valence-corrected chi connectivity index (χ3v) is 6.90. The van der Waals surface area contributed by atoms with E-state index in [9.17, 15) is 22.4 Å². The Morgan fingerprint density at radius 1 is 1.13 bits per heavy atom. The van der Waals surface area contributed by atoms with E-state index in [1.807, 2.05) is 0 Å². The fraction of sp³-hybridized carbons (Fsp3) is 0.619. The molecule has 0 spiro atoms. The lowest BCUT2D eigenvalue weighted by atomic mass is 9.86. The molecule has 9 heteroatoms. The first kappa shape index (κ1) is 24.3. The number of carbonyl (C=O) groups excluding carboxylic acids is 2. The molecule has 0 aromatic heterocycles. The number of esters is 1. The van der Waals surface area contributed by atoms with E-state index in [4.69, 9.17) is 4.74 Å². The van der Waals surface area contributed by atoms with Crippen LogP contribution in [-0.2, 0) is 24.3 Å². The average molecular weight is 443 g/mol. The highest BCUT2D eigenvalue weighted by Gasteiger charge is 2.33. The monoisotopic (exact) mass is 442 g/mol. The highest BCUT2D eigenvalue weighted by molar-refractivity contribution is 7.89. The molecule has 2 N–H and O–H groups in total. The Hall–Kier alpha value is -2.00. The van der Waals surface area contributed by atoms with Gasteiger partial charge in [0.2, 0.25) is 10.0 Å². The highest BCUT2D eigenvalue weighted by Crippen LogP contribution is 2.24. The Morgan fingerprint density at radius 2 is 1.77 bits per heavy atom. The number of hydrogen-bond acceptors (Lipinski definition) is 5. The summed E-state index contributed by atoms with van der Waals surface area (Å²) in [6.07, 6.45) is 3.01. The number of hydrogen-bond donors (Lipinski definition) is 2. The zero-order valence-corrected chi connectivity index (χ0v) is 18.7. The van der Waals surface area contributed by atoms with Crippen LogP contribution in [0.2, 0.25) is 0 Å². The number of amides is 1. The maximum atomic E-state index is 13.9. The van der Waals surface area contributed by atoms with Crippen molar-refractivity contribution in [2.75, 3.05) is 0 Å². The molecular formula is C21H31FN2O5S. The van der Waals surface area contributed by atoms with Crippen molar-refractivity contribution in [1.82, 2.24) is 10.0 Å². The number of ether oxygens (including phenoxy) is 1. The van der Waals surface area contributed by atoms with Crippen molar-refractivity contribution in [1.29, 1.82) is 0 Å². The standard InChI is InChI=1S/C21H31FN2O5S/c1-13(2)19(24-30(27,28)18-12-8-6-10-16(18)22)21(26)29-15(4)20(25)23-17-11-7-5-9-14(17)3/h6,8,10,12-15,17,19,24H,5,7,9,11H2,1-4H3,(H,23,25)/t14?,15?,17?,19-/m0/s1. The van der Waals surface area contributed by atoms with E-state index in [1.54, 1.807) is 13.8 Å². The second-order valence-corrected chi connectivity index (χ2v) is 9.91. The van der Waals surface area contributed by atoms with Gasteiger partial charge in [0.25, 0.3) is 5.91 Å². The van der Waals surface area contributed by atoms with Gasteiger partial charge in [0.05, 0.1) is 0 Å². The van der Waals surface area contributed by atoms with Crippen LogP contribution in [0.15, 0.2) is 29.2 Å². The fourth-order valence-corrected chi connectivity index (χ4v) is 4.89. The van der Waals surface area contributed by atoms with Crippen LogP contribution in [0.25, 0.3) is 0 Å².